The molecule has 0 fully saturated rings. The van der Waals surface area contributed by atoms with Crippen LogP contribution in [0.15, 0.2) is 42.7 Å². The van der Waals surface area contributed by atoms with Crippen molar-refractivity contribution in [3.05, 3.63) is 58.4 Å². The van der Waals surface area contributed by atoms with Crippen LogP contribution in [0.4, 0.5) is 17.1 Å². The molecule has 0 bridgehead atoms. The molecule has 0 radical (unpaired) electrons. The molecule has 2 aromatic rings. The van der Waals surface area contributed by atoms with Crippen LogP contribution in [0.3, 0.4) is 0 Å². The summed E-state index contributed by atoms with van der Waals surface area (Å²) < 4.78 is 0. The fraction of sp³-hybridized carbons (Fsp3) is 0.214. The van der Waals surface area contributed by atoms with Crippen LogP contribution in [0, 0.1) is 10.1 Å². The zero-order valence-corrected chi connectivity index (χ0v) is 11.2. The molecule has 0 aliphatic heterocycles. The number of para-hydroxylation sites is 1. The van der Waals surface area contributed by atoms with Gasteiger partial charge in [0.1, 0.15) is 11.4 Å². The average molecular weight is 272 g/mol. The topological polar surface area (TPSA) is 80.1 Å². The Morgan fingerprint density at radius 1 is 1.20 bits per heavy atom. The number of hydrogen-bond donors (Lipinski definition) is 2. The lowest BCUT2D eigenvalue weighted by molar-refractivity contribution is -0.383. The molecule has 2 N–H and O–H groups in total. The van der Waals surface area contributed by atoms with E-state index < -0.39 is 0 Å². The Morgan fingerprint density at radius 3 is 2.55 bits per heavy atom. The van der Waals surface area contributed by atoms with Crippen molar-refractivity contribution in [1.82, 2.24) is 4.98 Å². The molecule has 1 aromatic heterocycles. The van der Waals surface area contributed by atoms with Crippen LogP contribution in [0.25, 0.3) is 0 Å². The Balaban J connectivity index is 2.08. The predicted octanol–water partition coefficient (Wildman–Crippen LogP) is 2.69. The summed E-state index contributed by atoms with van der Waals surface area (Å²) in [6.45, 7) is 0.623. The Hall–Kier alpha value is -2.63. The van der Waals surface area contributed by atoms with Crippen molar-refractivity contribution in [3.63, 3.8) is 0 Å². The molecule has 1 aromatic carbocycles. The maximum Gasteiger partial charge on any atom is 0.315 e. The van der Waals surface area contributed by atoms with Crippen molar-refractivity contribution in [2.75, 3.05) is 24.2 Å². The third kappa shape index (κ3) is 3.23. The summed E-state index contributed by atoms with van der Waals surface area (Å²) >= 11 is 0. The number of nitro groups is 1. The molecule has 0 saturated heterocycles. The molecule has 6 heteroatoms. The number of nitrogens with one attached hydrogen (secondary N) is 2. The molecule has 0 unspecified atom stereocenters. The molecule has 20 heavy (non-hydrogen) atoms. The number of nitrogens with zero attached hydrogens (tertiary/aromatic N) is 2. The second-order valence-corrected chi connectivity index (χ2v) is 4.24. The maximum absolute atomic E-state index is 11.2. The van der Waals surface area contributed by atoms with E-state index >= 15 is 0 Å². The first-order valence-electron chi connectivity index (χ1n) is 6.30. The number of hydrogen-bond acceptors (Lipinski definition) is 5. The van der Waals surface area contributed by atoms with Crippen LogP contribution in [-0.2, 0) is 6.42 Å². The monoisotopic (exact) mass is 272 g/mol. The van der Waals surface area contributed by atoms with Gasteiger partial charge in [-0.1, -0.05) is 6.07 Å². The van der Waals surface area contributed by atoms with E-state index in [0.717, 1.165) is 12.0 Å². The van der Waals surface area contributed by atoms with E-state index in [1.807, 2.05) is 12.1 Å². The molecule has 0 aliphatic carbocycles. The molecule has 104 valence electrons. The largest absolute Gasteiger partial charge is 0.382 e. The average Bonchev–Trinajstić information content (AvgIpc) is 2.47. The molecule has 0 amide bonds. The van der Waals surface area contributed by atoms with Crippen molar-refractivity contribution in [1.29, 1.82) is 0 Å². The van der Waals surface area contributed by atoms with Gasteiger partial charge in [-0.3, -0.25) is 15.1 Å². The fourth-order valence-electron chi connectivity index (χ4n) is 1.98. The summed E-state index contributed by atoms with van der Waals surface area (Å²) in [4.78, 5) is 14.7. The highest BCUT2D eigenvalue weighted by molar-refractivity contribution is 5.75. The highest BCUT2D eigenvalue weighted by atomic mass is 16.6. The summed E-state index contributed by atoms with van der Waals surface area (Å²) in [5, 5.41) is 17.1. The second-order valence-electron chi connectivity index (χ2n) is 4.24. The summed E-state index contributed by atoms with van der Waals surface area (Å²) in [5.41, 5.74) is 2.24. The first-order chi connectivity index (χ1) is 9.72. The number of aromatic nitrogens is 1. The molecular weight excluding hydrogens is 256 g/mol. The molecule has 0 spiro atoms. The van der Waals surface area contributed by atoms with Gasteiger partial charge in [0.05, 0.1) is 4.92 Å². The molecule has 0 aliphatic rings. The summed E-state index contributed by atoms with van der Waals surface area (Å²) in [6.07, 6.45) is 4.25. The normalized spacial score (nSPS) is 10.1. The SMILES string of the molecule is CNc1cccc(NCCc2ccncc2)c1[N+](=O)[O-]. The van der Waals surface area contributed by atoms with Gasteiger partial charge in [-0.25, -0.2) is 0 Å². The first kappa shape index (κ1) is 13.8. The predicted molar refractivity (Wildman–Crippen MR) is 79.1 cm³/mol. The molecule has 2 rings (SSSR count). The van der Waals surface area contributed by atoms with Crippen molar-refractivity contribution >= 4 is 17.1 Å². The second kappa shape index (κ2) is 6.51. The number of benzene rings is 1. The van der Waals surface area contributed by atoms with Crippen molar-refractivity contribution < 1.29 is 4.92 Å². The van der Waals surface area contributed by atoms with E-state index in [4.69, 9.17) is 0 Å². The summed E-state index contributed by atoms with van der Waals surface area (Å²) in [6, 6.07) is 9.05. The van der Waals surface area contributed by atoms with Crippen LogP contribution in [0.1, 0.15) is 5.56 Å². The zero-order valence-electron chi connectivity index (χ0n) is 11.2. The lowest BCUT2D eigenvalue weighted by Crippen LogP contribution is -2.08. The Labute approximate surface area is 117 Å². The van der Waals surface area contributed by atoms with Crippen LogP contribution >= 0.6 is 0 Å². The van der Waals surface area contributed by atoms with E-state index in [9.17, 15) is 10.1 Å². The van der Waals surface area contributed by atoms with Gasteiger partial charge in [-0.15, -0.1) is 0 Å². The molecule has 0 atom stereocenters. The van der Waals surface area contributed by atoms with Gasteiger partial charge in [0.25, 0.3) is 0 Å². The standard InChI is InChI=1S/C14H16N4O2/c1-15-12-3-2-4-13(14(12)18(19)20)17-10-7-11-5-8-16-9-6-11/h2-6,8-9,15,17H,7,10H2,1H3. The highest BCUT2D eigenvalue weighted by Crippen LogP contribution is 2.32. The van der Waals surface area contributed by atoms with E-state index in [2.05, 4.69) is 15.6 Å². The van der Waals surface area contributed by atoms with Crippen LogP contribution in [0.5, 0.6) is 0 Å². The van der Waals surface area contributed by atoms with Crippen LogP contribution in [-0.4, -0.2) is 23.5 Å². The van der Waals surface area contributed by atoms with Gasteiger partial charge in [0.2, 0.25) is 0 Å². The quantitative estimate of drug-likeness (QED) is 0.624. The summed E-state index contributed by atoms with van der Waals surface area (Å²) in [7, 11) is 1.67. The van der Waals surface area contributed by atoms with Crippen molar-refractivity contribution in [3.8, 4) is 0 Å². The smallest absolute Gasteiger partial charge is 0.315 e. The minimum Gasteiger partial charge on any atom is -0.382 e. The number of rotatable bonds is 6. The van der Waals surface area contributed by atoms with Gasteiger partial charge < -0.3 is 10.6 Å². The van der Waals surface area contributed by atoms with Gasteiger partial charge in [-0.2, -0.15) is 0 Å². The van der Waals surface area contributed by atoms with Crippen molar-refractivity contribution in [2.45, 2.75) is 6.42 Å². The van der Waals surface area contributed by atoms with E-state index in [1.54, 1.807) is 37.6 Å². The van der Waals surface area contributed by atoms with Gasteiger partial charge in [0.15, 0.2) is 0 Å². The molecule has 1 heterocycles. The van der Waals surface area contributed by atoms with Gasteiger partial charge in [0, 0.05) is 26.0 Å². The number of anilines is 2. The third-order valence-corrected chi connectivity index (χ3v) is 2.97. The van der Waals surface area contributed by atoms with E-state index in [0.29, 0.717) is 17.9 Å². The fourth-order valence-corrected chi connectivity index (χ4v) is 1.98. The first-order valence-corrected chi connectivity index (χ1v) is 6.30. The van der Waals surface area contributed by atoms with E-state index in [-0.39, 0.29) is 10.6 Å². The zero-order chi connectivity index (χ0) is 14.4. The highest BCUT2D eigenvalue weighted by Gasteiger charge is 2.18. The van der Waals surface area contributed by atoms with Crippen molar-refractivity contribution in [2.24, 2.45) is 0 Å². The molecule has 6 nitrogen and oxygen atoms in total. The number of pyridine rings is 1. The molecule has 0 saturated carbocycles. The minimum atomic E-state index is -0.374. The molecular formula is C14H16N4O2. The number of nitro benzene ring substituents is 1. The van der Waals surface area contributed by atoms with Crippen LogP contribution < -0.4 is 10.6 Å². The van der Waals surface area contributed by atoms with E-state index in [1.165, 1.54) is 0 Å². The van der Waals surface area contributed by atoms with Gasteiger partial charge in [-0.05, 0) is 36.2 Å². The lowest BCUT2D eigenvalue weighted by Gasteiger charge is -2.09. The van der Waals surface area contributed by atoms with Crippen LogP contribution in [0.2, 0.25) is 0 Å². The lowest BCUT2D eigenvalue weighted by atomic mass is 10.2. The maximum atomic E-state index is 11.2. The Kier molecular flexibility index (Phi) is 4.49. The Morgan fingerprint density at radius 2 is 1.90 bits per heavy atom. The van der Waals surface area contributed by atoms with Gasteiger partial charge >= 0.3 is 5.69 Å². The third-order valence-electron chi connectivity index (χ3n) is 2.97. The minimum absolute atomic E-state index is 0.0738. The summed E-state index contributed by atoms with van der Waals surface area (Å²) in [5.74, 6) is 0. The Bertz CT molecular complexity index is 587.